The van der Waals surface area contributed by atoms with Gasteiger partial charge in [0.25, 0.3) is 0 Å². The minimum Gasteiger partial charge on any atom is -0.382 e. The minimum atomic E-state index is 0. The van der Waals surface area contributed by atoms with Crippen LogP contribution in [-0.4, -0.2) is 25.5 Å². The van der Waals surface area contributed by atoms with Crippen LogP contribution in [0.2, 0.25) is 0 Å². The third-order valence-corrected chi connectivity index (χ3v) is 3.95. The first kappa shape index (κ1) is 17.2. The van der Waals surface area contributed by atoms with E-state index in [2.05, 4.69) is 21.6 Å². The van der Waals surface area contributed by atoms with Crippen molar-refractivity contribution in [2.24, 2.45) is 0 Å². The summed E-state index contributed by atoms with van der Waals surface area (Å²) in [5, 5.41) is 6.43. The summed E-state index contributed by atoms with van der Waals surface area (Å²) in [6, 6.07) is 18.2. The third kappa shape index (κ3) is 4.17. The first-order valence-electron chi connectivity index (χ1n) is 7.66. The summed E-state index contributed by atoms with van der Waals surface area (Å²) in [5.41, 5.74) is 3.31. The molecular weight excluding hydrogens is 310 g/mol. The van der Waals surface area contributed by atoms with Gasteiger partial charge in [0.15, 0.2) is 0 Å². The summed E-state index contributed by atoms with van der Waals surface area (Å²) in [6.07, 6.45) is 0. The van der Waals surface area contributed by atoms with Crippen LogP contribution in [0.5, 0.6) is 0 Å². The van der Waals surface area contributed by atoms with Gasteiger partial charge in [-0.05, 0) is 24.6 Å². The van der Waals surface area contributed by atoms with Gasteiger partial charge in [0.05, 0.1) is 24.0 Å². The van der Waals surface area contributed by atoms with E-state index in [9.17, 15) is 4.79 Å². The second kappa shape index (κ2) is 7.88. The molecular formula is C18H22ClN3O. The topological polar surface area (TPSA) is 44.4 Å². The fourth-order valence-corrected chi connectivity index (χ4v) is 2.79. The van der Waals surface area contributed by atoms with Crippen molar-refractivity contribution >= 4 is 29.7 Å². The van der Waals surface area contributed by atoms with E-state index in [-0.39, 0.29) is 24.4 Å². The molecule has 1 unspecified atom stereocenters. The summed E-state index contributed by atoms with van der Waals surface area (Å²) >= 11 is 0. The van der Waals surface area contributed by atoms with E-state index in [0.717, 1.165) is 30.0 Å². The zero-order valence-corrected chi connectivity index (χ0v) is 14.0. The van der Waals surface area contributed by atoms with Crippen LogP contribution in [0.3, 0.4) is 0 Å². The maximum absolute atomic E-state index is 12.3. The van der Waals surface area contributed by atoms with Gasteiger partial charge in [0, 0.05) is 13.1 Å². The standard InChI is InChI=1S/C18H21N3O.ClH/c1-14(15-7-3-2-4-8-15)20-18(22)13-21-12-11-19-16-9-5-6-10-17(16)21;/h2-10,14,19H,11-13H2,1H3,(H,20,22);1H. The Bertz CT molecular complexity index is 648. The van der Waals surface area contributed by atoms with Crippen molar-refractivity contribution in [1.29, 1.82) is 0 Å². The molecule has 0 aliphatic carbocycles. The highest BCUT2D eigenvalue weighted by molar-refractivity contribution is 5.85. The maximum Gasteiger partial charge on any atom is 0.239 e. The Hall–Kier alpha value is -2.20. The van der Waals surface area contributed by atoms with Crippen molar-refractivity contribution in [2.45, 2.75) is 13.0 Å². The highest BCUT2D eigenvalue weighted by Crippen LogP contribution is 2.27. The smallest absolute Gasteiger partial charge is 0.239 e. The van der Waals surface area contributed by atoms with E-state index in [1.54, 1.807) is 0 Å². The lowest BCUT2D eigenvalue weighted by Crippen LogP contribution is -2.42. The number of nitrogens with one attached hydrogen (secondary N) is 2. The number of para-hydroxylation sites is 2. The number of anilines is 2. The molecule has 0 spiro atoms. The number of rotatable bonds is 4. The van der Waals surface area contributed by atoms with Gasteiger partial charge in [0.2, 0.25) is 5.91 Å². The highest BCUT2D eigenvalue weighted by atomic mass is 35.5. The molecule has 0 fully saturated rings. The van der Waals surface area contributed by atoms with E-state index in [1.165, 1.54) is 0 Å². The molecule has 1 aliphatic heterocycles. The van der Waals surface area contributed by atoms with Gasteiger partial charge in [0.1, 0.15) is 0 Å². The molecule has 2 N–H and O–H groups in total. The van der Waals surface area contributed by atoms with E-state index in [4.69, 9.17) is 0 Å². The zero-order valence-electron chi connectivity index (χ0n) is 13.2. The molecule has 0 bridgehead atoms. The zero-order chi connectivity index (χ0) is 15.4. The lowest BCUT2D eigenvalue weighted by atomic mass is 10.1. The Balaban J connectivity index is 0.00000192. The van der Waals surface area contributed by atoms with Crippen LogP contribution >= 0.6 is 12.4 Å². The number of fused-ring (bicyclic) bond motifs is 1. The molecule has 2 aromatic carbocycles. The molecule has 1 aliphatic rings. The predicted molar refractivity (Wildman–Crippen MR) is 97.4 cm³/mol. The second-order valence-electron chi connectivity index (χ2n) is 5.57. The van der Waals surface area contributed by atoms with Crippen molar-refractivity contribution in [1.82, 2.24) is 5.32 Å². The first-order chi connectivity index (χ1) is 10.7. The molecule has 3 rings (SSSR count). The summed E-state index contributed by atoms with van der Waals surface area (Å²) < 4.78 is 0. The van der Waals surface area contributed by atoms with Gasteiger partial charge in [-0.1, -0.05) is 42.5 Å². The fraction of sp³-hybridized carbons (Fsp3) is 0.278. The van der Waals surface area contributed by atoms with Gasteiger partial charge in [-0.3, -0.25) is 4.79 Å². The van der Waals surface area contributed by atoms with Crippen molar-refractivity contribution < 1.29 is 4.79 Å². The fourth-order valence-electron chi connectivity index (χ4n) is 2.79. The van der Waals surface area contributed by atoms with Crippen LogP contribution in [0.15, 0.2) is 54.6 Å². The molecule has 1 heterocycles. The lowest BCUT2D eigenvalue weighted by Gasteiger charge is -2.31. The normalized spacial score (nSPS) is 14.0. The molecule has 23 heavy (non-hydrogen) atoms. The van der Waals surface area contributed by atoms with Gasteiger partial charge < -0.3 is 15.5 Å². The van der Waals surface area contributed by atoms with Crippen LogP contribution in [0, 0.1) is 0 Å². The van der Waals surface area contributed by atoms with Crippen LogP contribution in [0.4, 0.5) is 11.4 Å². The van der Waals surface area contributed by atoms with Crippen LogP contribution < -0.4 is 15.5 Å². The first-order valence-corrected chi connectivity index (χ1v) is 7.66. The number of amides is 1. The SMILES string of the molecule is CC(NC(=O)CN1CCNc2ccccc21)c1ccccc1.Cl. The van der Waals surface area contributed by atoms with E-state index in [1.807, 2.05) is 55.5 Å². The van der Waals surface area contributed by atoms with Crippen LogP contribution in [0.1, 0.15) is 18.5 Å². The number of halogens is 1. The quantitative estimate of drug-likeness (QED) is 0.904. The van der Waals surface area contributed by atoms with Gasteiger partial charge in [-0.15, -0.1) is 12.4 Å². The number of benzene rings is 2. The molecule has 122 valence electrons. The maximum atomic E-state index is 12.3. The van der Waals surface area contributed by atoms with Crippen molar-refractivity contribution in [3.63, 3.8) is 0 Å². The molecule has 1 amide bonds. The van der Waals surface area contributed by atoms with Gasteiger partial charge >= 0.3 is 0 Å². The summed E-state index contributed by atoms with van der Waals surface area (Å²) in [7, 11) is 0. The molecule has 0 saturated heterocycles. The predicted octanol–water partition coefficient (Wildman–Crippen LogP) is 3.22. The Labute approximate surface area is 143 Å². The summed E-state index contributed by atoms with van der Waals surface area (Å²) in [5.74, 6) is 0.0491. The largest absolute Gasteiger partial charge is 0.382 e. The molecule has 0 radical (unpaired) electrons. The number of nitrogens with zero attached hydrogens (tertiary/aromatic N) is 1. The summed E-state index contributed by atoms with van der Waals surface area (Å²) in [6.45, 7) is 4.09. The average molecular weight is 332 g/mol. The van der Waals surface area contributed by atoms with Gasteiger partial charge in [-0.25, -0.2) is 0 Å². The number of hydrogen-bond acceptors (Lipinski definition) is 3. The molecule has 5 heteroatoms. The number of carbonyl (C=O) groups is 1. The Morgan fingerprint density at radius 2 is 1.87 bits per heavy atom. The second-order valence-corrected chi connectivity index (χ2v) is 5.57. The Morgan fingerprint density at radius 1 is 1.17 bits per heavy atom. The lowest BCUT2D eigenvalue weighted by molar-refractivity contribution is -0.120. The minimum absolute atomic E-state index is 0. The van der Waals surface area contributed by atoms with E-state index >= 15 is 0 Å². The van der Waals surface area contributed by atoms with Crippen LogP contribution in [-0.2, 0) is 4.79 Å². The molecule has 1 atom stereocenters. The van der Waals surface area contributed by atoms with Crippen molar-refractivity contribution in [3.05, 3.63) is 60.2 Å². The van der Waals surface area contributed by atoms with Crippen LogP contribution in [0.25, 0.3) is 0 Å². The summed E-state index contributed by atoms with van der Waals surface area (Å²) in [4.78, 5) is 14.5. The van der Waals surface area contributed by atoms with Crippen molar-refractivity contribution in [2.75, 3.05) is 29.9 Å². The third-order valence-electron chi connectivity index (χ3n) is 3.95. The molecule has 4 nitrogen and oxygen atoms in total. The highest BCUT2D eigenvalue weighted by Gasteiger charge is 2.19. The van der Waals surface area contributed by atoms with Crippen molar-refractivity contribution in [3.8, 4) is 0 Å². The Morgan fingerprint density at radius 3 is 2.65 bits per heavy atom. The molecule has 0 aromatic heterocycles. The van der Waals surface area contributed by atoms with E-state index < -0.39 is 0 Å². The van der Waals surface area contributed by atoms with E-state index in [0.29, 0.717) is 6.54 Å². The number of carbonyl (C=O) groups excluding carboxylic acids is 1. The molecule has 0 saturated carbocycles. The number of hydrogen-bond donors (Lipinski definition) is 2. The monoisotopic (exact) mass is 331 g/mol. The Kier molecular flexibility index (Phi) is 5.88. The van der Waals surface area contributed by atoms with Gasteiger partial charge in [-0.2, -0.15) is 0 Å². The average Bonchev–Trinajstić information content (AvgIpc) is 2.56. The molecule has 2 aromatic rings.